The fourth-order valence-electron chi connectivity index (χ4n) is 2.04. The predicted octanol–water partition coefficient (Wildman–Crippen LogP) is 4.20. The lowest BCUT2D eigenvalue weighted by Crippen LogP contribution is -1.98. The highest BCUT2D eigenvalue weighted by Crippen LogP contribution is 2.21. The van der Waals surface area contributed by atoms with Crippen LogP contribution in [0.2, 0.25) is 4.47 Å². The van der Waals surface area contributed by atoms with Gasteiger partial charge in [0.05, 0.1) is 12.7 Å². The second-order valence-electron chi connectivity index (χ2n) is 4.95. The van der Waals surface area contributed by atoms with E-state index in [4.69, 9.17) is 16.3 Å². The van der Waals surface area contributed by atoms with Gasteiger partial charge in [0.2, 0.25) is 0 Å². The molecule has 0 bridgehead atoms. The van der Waals surface area contributed by atoms with Crippen LogP contribution in [0, 0.1) is 0 Å². The maximum atomic E-state index is 5.82. The summed E-state index contributed by atoms with van der Waals surface area (Å²) < 4.78 is 8.22. The van der Waals surface area contributed by atoms with Gasteiger partial charge in [-0.2, -0.15) is 5.10 Å². The summed E-state index contributed by atoms with van der Waals surface area (Å²) in [6.07, 6.45) is 5.61. The van der Waals surface area contributed by atoms with Gasteiger partial charge in [-0.15, -0.1) is 11.3 Å². The van der Waals surface area contributed by atoms with E-state index in [1.165, 1.54) is 11.3 Å². The minimum absolute atomic E-state index is 0.520. The molecule has 2 heterocycles. The lowest BCUT2D eigenvalue weighted by Gasteiger charge is -2.07. The first-order valence-corrected chi connectivity index (χ1v) is 8.50. The predicted molar refractivity (Wildman–Crippen MR) is 93.1 cm³/mol. The second kappa shape index (κ2) is 7.48. The average Bonchev–Trinajstić information content (AvgIpc) is 3.20. The number of nitrogens with one attached hydrogen (secondary N) is 1. The number of thiazole rings is 1. The minimum Gasteiger partial charge on any atom is -0.489 e. The number of ether oxygens (including phenoxy) is 1. The molecule has 0 aliphatic rings. The van der Waals surface area contributed by atoms with E-state index >= 15 is 0 Å². The first-order chi connectivity index (χ1) is 11.2. The third-order valence-electron chi connectivity index (χ3n) is 3.26. The van der Waals surface area contributed by atoms with Crippen LogP contribution in [-0.2, 0) is 19.7 Å². The number of rotatable bonds is 7. The van der Waals surface area contributed by atoms with Crippen molar-refractivity contribution in [1.82, 2.24) is 14.8 Å². The van der Waals surface area contributed by atoms with Crippen molar-refractivity contribution in [3.63, 3.8) is 0 Å². The fraction of sp³-hybridized carbons (Fsp3) is 0.250. The van der Waals surface area contributed by atoms with Gasteiger partial charge < -0.3 is 10.1 Å². The van der Waals surface area contributed by atoms with Crippen molar-refractivity contribution in [2.45, 2.75) is 26.6 Å². The molecule has 0 saturated carbocycles. The van der Waals surface area contributed by atoms with Crippen molar-refractivity contribution in [3.05, 3.63) is 57.8 Å². The van der Waals surface area contributed by atoms with Crippen LogP contribution in [0.15, 0.2) is 42.9 Å². The highest BCUT2D eigenvalue weighted by atomic mass is 35.5. The monoisotopic (exact) mass is 348 g/mol. The molecule has 120 valence electrons. The van der Waals surface area contributed by atoms with Crippen LogP contribution in [0.25, 0.3) is 0 Å². The number of aromatic nitrogens is 3. The number of hydrogen-bond acceptors (Lipinski definition) is 5. The number of benzene rings is 1. The van der Waals surface area contributed by atoms with Gasteiger partial charge in [0.15, 0.2) is 4.47 Å². The van der Waals surface area contributed by atoms with Crippen LogP contribution in [0.3, 0.4) is 0 Å². The third-order valence-corrected chi connectivity index (χ3v) is 4.38. The molecular formula is C16H17ClN4OS. The van der Waals surface area contributed by atoms with Gasteiger partial charge in [0.25, 0.3) is 0 Å². The maximum absolute atomic E-state index is 5.82. The molecule has 23 heavy (non-hydrogen) atoms. The van der Waals surface area contributed by atoms with Crippen LogP contribution >= 0.6 is 22.9 Å². The number of halogens is 1. The molecule has 0 atom stereocenters. The van der Waals surface area contributed by atoms with Crippen LogP contribution in [0.4, 0.5) is 5.69 Å². The average molecular weight is 349 g/mol. The lowest BCUT2D eigenvalue weighted by molar-refractivity contribution is 0.306. The van der Waals surface area contributed by atoms with Gasteiger partial charge in [-0.05, 0) is 31.2 Å². The van der Waals surface area contributed by atoms with Crippen LogP contribution < -0.4 is 10.1 Å². The molecule has 1 aromatic carbocycles. The standard InChI is InChI=1S/C16H17ClN4OS/c1-2-21-10-12(7-20-21)11-22-14-5-3-13(4-6-14)18-8-15-9-19-16(17)23-15/h3-7,9-10,18H,2,8,11H2,1H3. The molecule has 0 fully saturated rings. The second-order valence-corrected chi connectivity index (χ2v) is 6.65. The summed E-state index contributed by atoms with van der Waals surface area (Å²) in [5.74, 6) is 0.834. The molecule has 1 N–H and O–H groups in total. The van der Waals surface area contributed by atoms with Crippen molar-refractivity contribution in [2.24, 2.45) is 0 Å². The molecule has 0 aliphatic carbocycles. The molecular weight excluding hydrogens is 332 g/mol. The molecule has 0 spiro atoms. The van der Waals surface area contributed by atoms with Gasteiger partial charge in [-0.3, -0.25) is 4.68 Å². The summed E-state index contributed by atoms with van der Waals surface area (Å²) in [6.45, 7) is 4.15. The summed E-state index contributed by atoms with van der Waals surface area (Å²) in [5.41, 5.74) is 2.09. The Morgan fingerprint density at radius 1 is 1.26 bits per heavy atom. The van der Waals surface area contributed by atoms with Crippen molar-refractivity contribution in [3.8, 4) is 5.75 Å². The third kappa shape index (κ3) is 4.46. The van der Waals surface area contributed by atoms with Crippen LogP contribution in [0.1, 0.15) is 17.4 Å². The fourth-order valence-corrected chi connectivity index (χ4v) is 2.96. The smallest absolute Gasteiger partial charge is 0.183 e. The molecule has 0 saturated heterocycles. The molecule has 7 heteroatoms. The Morgan fingerprint density at radius 2 is 2.09 bits per heavy atom. The first-order valence-electron chi connectivity index (χ1n) is 7.31. The highest BCUT2D eigenvalue weighted by Gasteiger charge is 2.01. The highest BCUT2D eigenvalue weighted by molar-refractivity contribution is 7.15. The van der Waals surface area contributed by atoms with Gasteiger partial charge >= 0.3 is 0 Å². The molecule has 0 aliphatic heterocycles. The number of aryl methyl sites for hydroxylation is 1. The molecule has 3 aromatic rings. The van der Waals surface area contributed by atoms with Crippen molar-refractivity contribution < 1.29 is 4.74 Å². The summed E-state index contributed by atoms with van der Waals surface area (Å²) in [4.78, 5) is 5.12. The molecule has 3 rings (SSSR count). The summed E-state index contributed by atoms with van der Waals surface area (Å²) in [5, 5.41) is 7.56. The van der Waals surface area contributed by atoms with Crippen LogP contribution in [-0.4, -0.2) is 14.8 Å². The van der Waals surface area contributed by atoms with Gasteiger partial charge in [0, 0.05) is 35.1 Å². The summed E-state index contributed by atoms with van der Waals surface area (Å²) in [6, 6.07) is 7.89. The minimum atomic E-state index is 0.520. The van der Waals surface area contributed by atoms with Gasteiger partial charge in [-0.1, -0.05) is 11.6 Å². The Morgan fingerprint density at radius 3 is 2.74 bits per heavy atom. The summed E-state index contributed by atoms with van der Waals surface area (Å²) in [7, 11) is 0. The molecule has 0 unspecified atom stereocenters. The van der Waals surface area contributed by atoms with Crippen molar-refractivity contribution in [2.75, 3.05) is 5.32 Å². The van der Waals surface area contributed by atoms with Gasteiger partial charge in [-0.25, -0.2) is 4.98 Å². The molecule has 0 amide bonds. The van der Waals surface area contributed by atoms with Crippen molar-refractivity contribution >= 4 is 28.6 Å². The zero-order valence-electron chi connectivity index (χ0n) is 12.7. The van der Waals surface area contributed by atoms with E-state index < -0.39 is 0 Å². The van der Waals surface area contributed by atoms with Crippen LogP contribution in [0.5, 0.6) is 5.75 Å². The molecule has 2 aromatic heterocycles. The van der Waals surface area contributed by atoms with E-state index in [-0.39, 0.29) is 0 Å². The zero-order valence-corrected chi connectivity index (χ0v) is 14.3. The van der Waals surface area contributed by atoms with Gasteiger partial charge in [0.1, 0.15) is 12.4 Å². The Kier molecular flexibility index (Phi) is 5.15. The molecule has 5 nitrogen and oxygen atoms in total. The Hall–Kier alpha value is -2.05. The number of hydrogen-bond donors (Lipinski definition) is 1. The van der Waals surface area contributed by atoms with E-state index in [1.54, 1.807) is 6.20 Å². The first kappa shape index (κ1) is 15.8. The molecule has 0 radical (unpaired) electrons. The topological polar surface area (TPSA) is 52.0 Å². The van der Waals surface area contributed by atoms with E-state index in [0.29, 0.717) is 17.6 Å². The zero-order chi connectivity index (χ0) is 16.1. The van der Waals surface area contributed by atoms with E-state index in [2.05, 4.69) is 22.3 Å². The Balaban J connectivity index is 1.50. The van der Waals surface area contributed by atoms with Crippen molar-refractivity contribution in [1.29, 1.82) is 0 Å². The van der Waals surface area contributed by atoms with E-state index in [0.717, 1.165) is 28.4 Å². The quantitative estimate of drug-likeness (QED) is 0.695. The normalized spacial score (nSPS) is 10.7. The lowest BCUT2D eigenvalue weighted by atomic mass is 10.3. The Bertz CT molecular complexity index is 754. The van der Waals surface area contributed by atoms with E-state index in [9.17, 15) is 0 Å². The SMILES string of the molecule is CCn1cc(COc2ccc(NCc3cnc(Cl)s3)cc2)cn1. The number of nitrogens with zero attached hydrogens (tertiary/aromatic N) is 3. The maximum Gasteiger partial charge on any atom is 0.183 e. The van der Waals surface area contributed by atoms with E-state index in [1.807, 2.05) is 41.3 Å². The number of anilines is 1. The summed E-state index contributed by atoms with van der Waals surface area (Å²) >= 11 is 7.30. The Labute approximate surface area is 143 Å². The largest absolute Gasteiger partial charge is 0.489 e.